The lowest BCUT2D eigenvalue weighted by atomic mass is 10.1. The molecule has 0 saturated heterocycles. The van der Waals surface area contributed by atoms with Crippen LogP contribution >= 0.6 is 11.6 Å². The van der Waals surface area contributed by atoms with Crippen LogP contribution in [0.25, 0.3) is 0 Å². The molecule has 0 saturated carbocycles. The minimum absolute atomic E-state index is 0.0877. The number of carbonyl (C=O) groups excluding carboxylic acids is 1. The molecular weight excluding hydrogens is 348 g/mol. The topological polar surface area (TPSA) is 75.3 Å². The van der Waals surface area contributed by atoms with Gasteiger partial charge in [0.05, 0.1) is 10.6 Å². The predicted octanol–water partition coefficient (Wildman–Crippen LogP) is 3.13. The maximum absolute atomic E-state index is 12.5. The van der Waals surface area contributed by atoms with Crippen molar-refractivity contribution in [3.05, 3.63) is 58.6 Å². The average Bonchev–Trinajstić information content (AvgIpc) is 2.51. The third-order valence-electron chi connectivity index (χ3n) is 3.47. The summed E-state index contributed by atoms with van der Waals surface area (Å²) in [5, 5.41) is 3.17. The van der Waals surface area contributed by atoms with Gasteiger partial charge in [-0.25, -0.2) is 8.42 Å². The first kappa shape index (κ1) is 18.3. The normalized spacial score (nSPS) is 11.1. The number of sulfonamides is 1. The fourth-order valence-corrected chi connectivity index (χ4v) is 3.42. The van der Waals surface area contributed by atoms with Crippen LogP contribution in [-0.2, 0) is 21.2 Å². The third kappa shape index (κ3) is 4.97. The number of hydrogen-bond acceptors (Lipinski definition) is 3. The lowest BCUT2D eigenvalue weighted by Gasteiger charge is -2.11. The molecule has 24 heavy (non-hydrogen) atoms. The molecule has 7 heteroatoms. The van der Waals surface area contributed by atoms with Gasteiger partial charge in [-0.1, -0.05) is 29.8 Å². The van der Waals surface area contributed by atoms with Crippen molar-refractivity contribution in [2.75, 3.05) is 11.3 Å². The van der Waals surface area contributed by atoms with Crippen LogP contribution in [0.2, 0.25) is 5.02 Å². The van der Waals surface area contributed by atoms with E-state index in [0.29, 0.717) is 23.7 Å². The molecule has 0 unspecified atom stereocenters. The second kappa shape index (κ2) is 7.68. The molecule has 5 nitrogen and oxygen atoms in total. The van der Waals surface area contributed by atoms with Gasteiger partial charge in [0.15, 0.2) is 0 Å². The Balaban J connectivity index is 2.12. The minimum Gasteiger partial charge on any atom is -0.356 e. The van der Waals surface area contributed by atoms with Gasteiger partial charge in [0.1, 0.15) is 0 Å². The van der Waals surface area contributed by atoms with E-state index in [1.165, 1.54) is 6.92 Å². The quantitative estimate of drug-likeness (QED) is 0.824. The molecule has 0 aliphatic heterocycles. The number of hydrogen-bond donors (Lipinski definition) is 2. The van der Waals surface area contributed by atoms with Gasteiger partial charge in [0.25, 0.3) is 10.0 Å². The van der Waals surface area contributed by atoms with Gasteiger partial charge in [-0.2, -0.15) is 0 Å². The number of halogens is 1. The molecule has 128 valence electrons. The number of rotatable bonds is 6. The fraction of sp³-hybridized carbons (Fsp3) is 0.235. The maximum atomic E-state index is 12.5. The summed E-state index contributed by atoms with van der Waals surface area (Å²) >= 11 is 5.92. The molecule has 2 rings (SSSR count). The highest BCUT2D eigenvalue weighted by Gasteiger charge is 2.15. The highest BCUT2D eigenvalue weighted by Crippen LogP contribution is 2.23. The Morgan fingerprint density at radius 2 is 1.79 bits per heavy atom. The van der Waals surface area contributed by atoms with Crippen molar-refractivity contribution < 1.29 is 13.2 Å². The van der Waals surface area contributed by atoms with E-state index in [9.17, 15) is 13.2 Å². The summed E-state index contributed by atoms with van der Waals surface area (Å²) in [6.07, 6.45) is 0.640. The molecule has 2 N–H and O–H groups in total. The summed E-state index contributed by atoms with van der Waals surface area (Å²) in [5.41, 5.74) is 2.19. The fourth-order valence-electron chi connectivity index (χ4n) is 2.13. The van der Waals surface area contributed by atoms with Gasteiger partial charge in [0, 0.05) is 18.5 Å². The van der Waals surface area contributed by atoms with E-state index in [1.54, 1.807) is 49.4 Å². The first-order valence-corrected chi connectivity index (χ1v) is 9.26. The SMILES string of the molecule is CC(=O)NCCc1ccc(S(=O)(=O)Nc2cc(Cl)ccc2C)cc1. The summed E-state index contributed by atoms with van der Waals surface area (Å²) in [5.74, 6) is -0.0877. The van der Waals surface area contributed by atoms with E-state index in [2.05, 4.69) is 10.0 Å². The van der Waals surface area contributed by atoms with E-state index < -0.39 is 10.0 Å². The molecule has 0 atom stereocenters. The molecule has 0 bridgehead atoms. The molecule has 0 fully saturated rings. The van der Waals surface area contributed by atoms with Gasteiger partial charge in [0.2, 0.25) is 5.91 Å². The van der Waals surface area contributed by atoms with Gasteiger partial charge in [-0.05, 0) is 48.7 Å². The van der Waals surface area contributed by atoms with Crippen molar-refractivity contribution in [1.82, 2.24) is 5.32 Å². The Hall–Kier alpha value is -2.05. The molecule has 2 aromatic carbocycles. The first-order chi connectivity index (χ1) is 11.3. The smallest absolute Gasteiger partial charge is 0.261 e. The molecular formula is C17H19ClN2O3S. The van der Waals surface area contributed by atoms with E-state index in [1.807, 2.05) is 0 Å². The Morgan fingerprint density at radius 1 is 1.12 bits per heavy atom. The monoisotopic (exact) mass is 366 g/mol. The number of benzene rings is 2. The Bertz CT molecular complexity index is 833. The zero-order valence-corrected chi connectivity index (χ0v) is 15.0. The summed E-state index contributed by atoms with van der Waals surface area (Å²) in [6.45, 7) is 3.78. The number of aryl methyl sites for hydroxylation is 1. The van der Waals surface area contributed by atoms with Crippen LogP contribution in [0.4, 0.5) is 5.69 Å². The second-order valence-corrected chi connectivity index (χ2v) is 7.56. The standard InChI is InChI=1S/C17H19ClN2O3S/c1-12-3-6-15(18)11-17(12)20-24(22,23)16-7-4-14(5-8-16)9-10-19-13(2)21/h3-8,11,20H,9-10H2,1-2H3,(H,19,21). The van der Waals surface area contributed by atoms with Crippen LogP contribution < -0.4 is 10.0 Å². The van der Waals surface area contributed by atoms with Crippen molar-refractivity contribution in [2.24, 2.45) is 0 Å². The highest BCUT2D eigenvalue weighted by atomic mass is 35.5. The first-order valence-electron chi connectivity index (χ1n) is 7.40. The summed E-state index contributed by atoms with van der Waals surface area (Å²) in [7, 11) is -3.68. The van der Waals surface area contributed by atoms with Crippen molar-refractivity contribution in [1.29, 1.82) is 0 Å². The van der Waals surface area contributed by atoms with Crippen LogP contribution in [0.3, 0.4) is 0 Å². The summed E-state index contributed by atoms with van der Waals surface area (Å²) < 4.78 is 27.5. The second-order valence-electron chi connectivity index (χ2n) is 5.44. The van der Waals surface area contributed by atoms with E-state index >= 15 is 0 Å². The number of nitrogens with one attached hydrogen (secondary N) is 2. The van der Waals surface area contributed by atoms with Gasteiger partial charge >= 0.3 is 0 Å². The van der Waals surface area contributed by atoms with Crippen molar-refractivity contribution in [2.45, 2.75) is 25.2 Å². The zero-order chi connectivity index (χ0) is 17.7. The number of amides is 1. The Labute approximate surface area is 147 Å². The van der Waals surface area contributed by atoms with E-state index in [4.69, 9.17) is 11.6 Å². The molecule has 1 amide bonds. The molecule has 0 aliphatic rings. The maximum Gasteiger partial charge on any atom is 0.261 e. The van der Waals surface area contributed by atoms with Crippen LogP contribution in [0, 0.1) is 6.92 Å². The third-order valence-corrected chi connectivity index (χ3v) is 5.08. The molecule has 0 aliphatic carbocycles. The lowest BCUT2D eigenvalue weighted by molar-refractivity contribution is -0.118. The van der Waals surface area contributed by atoms with Crippen molar-refractivity contribution in [3.8, 4) is 0 Å². The van der Waals surface area contributed by atoms with Crippen molar-refractivity contribution in [3.63, 3.8) is 0 Å². The van der Waals surface area contributed by atoms with Crippen molar-refractivity contribution >= 4 is 33.2 Å². The molecule has 0 heterocycles. The largest absolute Gasteiger partial charge is 0.356 e. The zero-order valence-electron chi connectivity index (χ0n) is 13.5. The molecule has 0 radical (unpaired) electrons. The lowest BCUT2D eigenvalue weighted by Crippen LogP contribution is -2.22. The van der Waals surface area contributed by atoms with Crippen LogP contribution in [-0.4, -0.2) is 20.9 Å². The highest BCUT2D eigenvalue weighted by molar-refractivity contribution is 7.92. The van der Waals surface area contributed by atoms with Crippen LogP contribution in [0.15, 0.2) is 47.4 Å². The van der Waals surface area contributed by atoms with Gasteiger partial charge in [-0.3, -0.25) is 9.52 Å². The average molecular weight is 367 g/mol. The summed E-state index contributed by atoms with van der Waals surface area (Å²) in [4.78, 5) is 11.0. The molecule has 0 aromatic heterocycles. The minimum atomic E-state index is -3.68. The van der Waals surface area contributed by atoms with Gasteiger partial charge < -0.3 is 5.32 Å². The molecule has 0 spiro atoms. The van der Waals surface area contributed by atoms with Crippen LogP contribution in [0.5, 0.6) is 0 Å². The van der Waals surface area contributed by atoms with E-state index in [-0.39, 0.29) is 10.8 Å². The van der Waals surface area contributed by atoms with Crippen LogP contribution in [0.1, 0.15) is 18.1 Å². The summed E-state index contributed by atoms with van der Waals surface area (Å²) in [6, 6.07) is 11.6. The Kier molecular flexibility index (Phi) is 5.85. The predicted molar refractivity (Wildman–Crippen MR) is 95.8 cm³/mol. The number of anilines is 1. The Morgan fingerprint density at radius 3 is 2.42 bits per heavy atom. The number of carbonyl (C=O) groups is 1. The van der Waals surface area contributed by atoms with Gasteiger partial charge in [-0.15, -0.1) is 0 Å². The molecule has 2 aromatic rings. The van der Waals surface area contributed by atoms with E-state index in [0.717, 1.165) is 11.1 Å².